The van der Waals surface area contributed by atoms with Gasteiger partial charge in [0.2, 0.25) is 0 Å². The fraction of sp³-hybridized carbons (Fsp3) is 0.714. The van der Waals surface area contributed by atoms with Crippen LogP contribution in [0.1, 0.15) is 62.6 Å². The molecule has 2 saturated heterocycles. The van der Waals surface area contributed by atoms with Crippen LogP contribution in [0.2, 0.25) is 0 Å². The zero-order chi connectivity index (χ0) is 20.6. The Morgan fingerprint density at radius 2 is 2.03 bits per heavy atom. The molecule has 4 rings (SSSR count). The first-order valence-corrected chi connectivity index (χ1v) is 10.7. The third kappa shape index (κ3) is 4.28. The standard InChI is InChI=1S/C21H32N6O2/c1-21(2,3)18-12-17(24-20-22-14-23-27(18)20)19(28)26(13-16-6-5-11-29-16)15-7-9-25(4)10-8-15/h12,14-16H,5-11,13H2,1-4H3/t16-/m0/s1. The van der Waals surface area contributed by atoms with Crippen LogP contribution in [-0.2, 0) is 10.2 Å². The van der Waals surface area contributed by atoms with E-state index in [0.29, 0.717) is 18.0 Å². The molecule has 0 aromatic carbocycles. The molecular formula is C21H32N6O2. The molecule has 0 bridgehead atoms. The van der Waals surface area contributed by atoms with E-state index < -0.39 is 0 Å². The molecule has 2 aliphatic rings. The molecule has 2 aromatic rings. The number of carbonyl (C=O) groups is 1. The van der Waals surface area contributed by atoms with Crippen LogP contribution in [0.15, 0.2) is 12.4 Å². The summed E-state index contributed by atoms with van der Waals surface area (Å²) in [5.41, 5.74) is 1.20. The molecule has 0 saturated carbocycles. The first kappa shape index (κ1) is 20.2. The maximum atomic E-state index is 13.7. The van der Waals surface area contributed by atoms with E-state index in [2.05, 4.69) is 47.8 Å². The van der Waals surface area contributed by atoms with Crippen molar-refractivity contribution in [3.05, 3.63) is 23.8 Å². The van der Waals surface area contributed by atoms with Gasteiger partial charge in [0, 0.05) is 24.6 Å². The van der Waals surface area contributed by atoms with Gasteiger partial charge in [0.05, 0.1) is 11.8 Å². The van der Waals surface area contributed by atoms with Gasteiger partial charge in [-0.1, -0.05) is 20.8 Å². The maximum absolute atomic E-state index is 13.7. The number of hydrogen-bond acceptors (Lipinski definition) is 6. The van der Waals surface area contributed by atoms with Crippen molar-refractivity contribution in [1.29, 1.82) is 0 Å². The van der Waals surface area contributed by atoms with E-state index >= 15 is 0 Å². The van der Waals surface area contributed by atoms with Crippen LogP contribution < -0.4 is 0 Å². The molecule has 4 heterocycles. The van der Waals surface area contributed by atoms with Crippen LogP contribution in [0.5, 0.6) is 0 Å². The molecule has 2 aliphatic heterocycles. The van der Waals surface area contributed by atoms with Crippen LogP contribution in [0.3, 0.4) is 0 Å². The number of aromatic nitrogens is 4. The van der Waals surface area contributed by atoms with E-state index in [9.17, 15) is 4.79 Å². The van der Waals surface area contributed by atoms with Crippen molar-refractivity contribution in [2.75, 3.05) is 33.3 Å². The topological polar surface area (TPSA) is 75.9 Å². The Morgan fingerprint density at radius 1 is 1.28 bits per heavy atom. The predicted molar refractivity (Wildman–Crippen MR) is 110 cm³/mol. The summed E-state index contributed by atoms with van der Waals surface area (Å²) in [6.45, 7) is 9.76. The van der Waals surface area contributed by atoms with Crippen molar-refractivity contribution in [3.8, 4) is 0 Å². The lowest BCUT2D eigenvalue weighted by atomic mass is 9.91. The first-order chi connectivity index (χ1) is 13.8. The molecule has 1 amide bonds. The molecule has 158 valence electrons. The Kier molecular flexibility index (Phi) is 5.57. The molecule has 2 aromatic heterocycles. The van der Waals surface area contributed by atoms with Gasteiger partial charge in [-0.05, 0) is 51.9 Å². The molecule has 0 spiro atoms. The van der Waals surface area contributed by atoms with E-state index in [1.165, 1.54) is 6.33 Å². The van der Waals surface area contributed by atoms with Crippen molar-refractivity contribution in [2.24, 2.45) is 0 Å². The van der Waals surface area contributed by atoms with Crippen LogP contribution in [0.25, 0.3) is 5.78 Å². The summed E-state index contributed by atoms with van der Waals surface area (Å²) in [5, 5.41) is 4.30. The molecule has 0 N–H and O–H groups in total. The lowest BCUT2D eigenvalue weighted by Gasteiger charge is -2.38. The van der Waals surface area contributed by atoms with Gasteiger partial charge < -0.3 is 14.5 Å². The summed E-state index contributed by atoms with van der Waals surface area (Å²) in [4.78, 5) is 26.9. The average Bonchev–Trinajstić information content (AvgIpc) is 3.36. The zero-order valence-electron chi connectivity index (χ0n) is 18.0. The molecule has 0 aliphatic carbocycles. The van der Waals surface area contributed by atoms with Crippen molar-refractivity contribution < 1.29 is 9.53 Å². The quantitative estimate of drug-likeness (QED) is 0.783. The summed E-state index contributed by atoms with van der Waals surface area (Å²) in [5.74, 6) is 0.451. The first-order valence-electron chi connectivity index (χ1n) is 10.7. The number of rotatable bonds is 4. The summed E-state index contributed by atoms with van der Waals surface area (Å²) < 4.78 is 7.60. The maximum Gasteiger partial charge on any atom is 0.273 e. The van der Waals surface area contributed by atoms with Gasteiger partial charge in [-0.25, -0.2) is 9.50 Å². The van der Waals surface area contributed by atoms with Crippen LogP contribution in [0, 0.1) is 0 Å². The molecule has 2 fully saturated rings. The highest BCUT2D eigenvalue weighted by Crippen LogP contribution is 2.25. The Hall–Kier alpha value is -2.06. The largest absolute Gasteiger partial charge is 0.376 e. The lowest BCUT2D eigenvalue weighted by molar-refractivity contribution is 0.0316. The number of hydrogen-bond donors (Lipinski definition) is 0. The predicted octanol–water partition coefficient (Wildman–Crippen LogP) is 2.14. The van der Waals surface area contributed by atoms with Gasteiger partial charge in [0.25, 0.3) is 11.7 Å². The molecular weight excluding hydrogens is 368 g/mol. The second kappa shape index (κ2) is 7.99. The van der Waals surface area contributed by atoms with Gasteiger partial charge in [-0.15, -0.1) is 0 Å². The molecule has 0 radical (unpaired) electrons. The average molecular weight is 401 g/mol. The number of fused-ring (bicyclic) bond motifs is 1. The van der Waals surface area contributed by atoms with Crippen molar-refractivity contribution >= 4 is 11.7 Å². The summed E-state index contributed by atoms with van der Waals surface area (Å²) in [6, 6.07) is 2.11. The second-order valence-electron chi connectivity index (χ2n) is 9.38. The minimum Gasteiger partial charge on any atom is -0.376 e. The fourth-order valence-corrected chi connectivity index (χ4v) is 4.32. The molecule has 29 heavy (non-hydrogen) atoms. The number of likely N-dealkylation sites (tertiary alicyclic amines) is 1. The second-order valence-corrected chi connectivity index (χ2v) is 9.38. The number of carbonyl (C=O) groups excluding carboxylic acids is 1. The molecule has 8 nitrogen and oxygen atoms in total. The van der Waals surface area contributed by atoms with E-state index in [4.69, 9.17) is 4.74 Å². The minimum absolute atomic E-state index is 0.0222. The summed E-state index contributed by atoms with van der Waals surface area (Å²) in [7, 11) is 2.14. The van der Waals surface area contributed by atoms with E-state index in [1.807, 2.05) is 11.0 Å². The highest BCUT2D eigenvalue weighted by atomic mass is 16.5. The Labute approximate surface area is 172 Å². The van der Waals surface area contributed by atoms with Gasteiger partial charge in [-0.3, -0.25) is 4.79 Å². The third-order valence-electron chi connectivity index (χ3n) is 6.05. The number of piperidine rings is 1. The normalized spacial score (nSPS) is 21.7. The Morgan fingerprint density at radius 3 is 2.69 bits per heavy atom. The number of amides is 1. The smallest absolute Gasteiger partial charge is 0.273 e. The fourth-order valence-electron chi connectivity index (χ4n) is 4.32. The number of ether oxygens (including phenoxy) is 1. The van der Waals surface area contributed by atoms with Gasteiger partial charge in [0.15, 0.2) is 0 Å². The monoisotopic (exact) mass is 400 g/mol. The van der Waals surface area contributed by atoms with Gasteiger partial charge >= 0.3 is 0 Å². The van der Waals surface area contributed by atoms with Gasteiger partial charge in [-0.2, -0.15) is 10.1 Å². The van der Waals surface area contributed by atoms with Crippen molar-refractivity contribution in [3.63, 3.8) is 0 Å². The zero-order valence-corrected chi connectivity index (χ0v) is 18.0. The van der Waals surface area contributed by atoms with E-state index in [-0.39, 0.29) is 23.5 Å². The third-order valence-corrected chi connectivity index (χ3v) is 6.05. The SMILES string of the molecule is CN1CCC(N(C[C@@H]2CCCO2)C(=O)c2cc(C(C)(C)C)n3ncnc3n2)CC1. The number of nitrogens with zero attached hydrogens (tertiary/aromatic N) is 6. The molecule has 0 unspecified atom stereocenters. The van der Waals surface area contributed by atoms with Crippen LogP contribution >= 0.6 is 0 Å². The Balaban J connectivity index is 1.67. The highest BCUT2D eigenvalue weighted by molar-refractivity contribution is 5.93. The molecule has 8 heteroatoms. The van der Waals surface area contributed by atoms with E-state index in [0.717, 1.165) is 51.1 Å². The van der Waals surface area contributed by atoms with Crippen LogP contribution in [-0.4, -0.2) is 80.7 Å². The summed E-state index contributed by atoms with van der Waals surface area (Å²) in [6.07, 6.45) is 5.66. The summed E-state index contributed by atoms with van der Waals surface area (Å²) >= 11 is 0. The minimum atomic E-state index is -0.184. The van der Waals surface area contributed by atoms with Crippen molar-refractivity contribution in [2.45, 2.75) is 64.0 Å². The van der Waals surface area contributed by atoms with E-state index in [1.54, 1.807) is 4.52 Å². The molecule has 1 atom stereocenters. The highest BCUT2D eigenvalue weighted by Gasteiger charge is 2.33. The van der Waals surface area contributed by atoms with Gasteiger partial charge in [0.1, 0.15) is 12.0 Å². The van der Waals surface area contributed by atoms with Crippen molar-refractivity contribution in [1.82, 2.24) is 29.4 Å². The lowest BCUT2D eigenvalue weighted by Crippen LogP contribution is -2.49. The Bertz CT molecular complexity index is 860. The van der Waals surface area contributed by atoms with Crippen LogP contribution in [0.4, 0.5) is 0 Å².